The first-order valence-electron chi connectivity index (χ1n) is 4.92. The van der Waals surface area contributed by atoms with Crippen molar-refractivity contribution in [1.29, 1.82) is 0 Å². The maximum absolute atomic E-state index is 13.6. The Morgan fingerprint density at radius 1 is 1.28 bits per heavy atom. The van der Waals surface area contributed by atoms with Crippen LogP contribution in [-0.4, -0.2) is 23.0 Å². The molecule has 0 aliphatic carbocycles. The minimum atomic E-state index is -3.92. The number of carboxylic acid groups (broad SMARTS) is 1. The molecule has 2 N–H and O–H groups in total. The molecule has 1 unspecified atom stereocenters. The summed E-state index contributed by atoms with van der Waals surface area (Å²) in [6.45, 7) is 1.06. The second-order valence-electron chi connectivity index (χ2n) is 3.61. The molecule has 1 amide bonds. The summed E-state index contributed by atoms with van der Waals surface area (Å²) in [7, 11) is 0. The highest BCUT2D eigenvalue weighted by atomic mass is 19.3. The number of aliphatic carboxylic acids is 1. The summed E-state index contributed by atoms with van der Waals surface area (Å²) >= 11 is 0. The van der Waals surface area contributed by atoms with E-state index in [-0.39, 0.29) is 0 Å². The molecule has 0 radical (unpaired) electrons. The number of nitrogens with one attached hydrogen (secondary N) is 1. The minimum absolute atomic E-state index is 0.709. The van der Waals surface area contributed by atoms with E-state index in [1.165, 1.54) is 0 Å². The predicted octanol–water partition coefficient (Wildman–Crippen LogP) is 1.51. The zero-order chi connectivity index (χ0) is 13.9. The highest BCUT2D eigenvalue weighted by Crippen LogP contribution is 2.28. The normalized spacial score (nSPS) is 12.9. The topological polar surface area (TPSA) is 66.4 Å². The Balaban J connectivity index is 2.89. The first kappa shape index (κ1) is 14.0. The zero-order valence-electron chi connectivity index (χ0n) is 9.28. The van der Waals surface area contributed by atoms with Crippen LogP contribution in [0, 0.1) is 5.82 Å². The lowest BCUT2D eigenvalue weighted by Gasteiger charge is -2.18. The highest BCUT2D eigenvalue weighted by molar-refractivity contribution is 5.88. The van der Waals surface area contributed by atoms with E-state index in [1.807, 2.05) is 0 Å². The molecule has 0 saturated heterocycles. The van der Waals surface area contributed by atoms with Gasteiger partial charge in [0.25, 0.3) is 5.91 Å². The van der Waals surface area contributed by atoms with Crippen LogP contribution in [0.2, 0.25) is 0 Å². The van der Waals surface area contributed by atoms with Crippen LogP contribution in [0.25, 0.3) is 0 Å². The summed E-state index contributed by atoms with van der Waals surface area (Å²) in [6, 6.07) is 1.67. The molecule has 0 saturated carbocycles. The molecule has 0 fully saturated rings. The highest BCUT2D eigenvalue weighted by Gasteiger charge is 2.41. The molecule has 98 valence electrons. The quantitative estimate of drug-likeness (QED) is 0.863. The van der Waals surface area contributed by atoms with E-state index < -0.39 is 35.2 Å². The molecular formula is C11H10F3NO3. The van der Waals surface area contributed by atoms with Crippen LogP contribution in [-0.2, 0) is 15.5 Å². The molecule has 18 heavy (non-hydrogen) atoms. The van der Waals surface area contributed by atoms with Gasteiger partial charge in [-0.2, -0.15) is 8.78 Å². The summed E-state index contributed by atoms with van der Waals surface area (Å²) < 4.78 is 39.7. The number of carbonyl (C=O) groups is 2. The summed E-state index contributed by atoms with van der Waals surface area (Å²) in [5.74, 6) is -7.81. The van der Waals surface area contributed by atoms with Gasteiger partial charge in [-0.1, -0.05) is 0 Å². The van der Waals surface area contributed by atoms with Crippen LogP contribution in [0.3, 0.4) is 0 Å². The van der Waals surface area contributed by atoms with Crippen LogP contribution in [0.5, 0.6) is 0 Å². The van der Waals surface area contributed by atoms with E-state index >= 15 is 0 Å². The number of hydrogen-bond acceptors (Lipinski definition) is 2. The van der Waals surface area contributed by atoms with E-state index in [1.54, 1.807) is 5.32 Å². The van der Waals surface area contributed by atoms with Gasteiger partial charge in [-0.25, -0.2) is 4.39 Å². The summed E-state index contributed by atoms with van der Waals surface area (Å²) in [6.07, 6.45) is 0. The standard InChI is InChI=1S/C11H10F3NO3/c1-6(9(16)17)15-10(18)11(13,14)7-2-4-8(12)5-3-7/h2-6H,1H3,(H,15,18)(H,16,17). The van der Waals surface area contributed by atoms with Crippen LogP contribution < -0.4 is 5.32 Å². The largest absolute Gasteiger partial charge is 0.480 e. The fourth-order valence-corrected chi connectivity index (χ4v) is 1.14. The van der Waals surface area contributed by atoms with Gasteiger partial charge < -0.3 is 10.4 Å². The lowest BCUT2D eigenvalue weighted by molar-refractivity contribution is -0.151. The second-order valence-corrected chi connectivity index (χ2v) is 3.61. The van der Waals surface area contributed by atoms with Gasteiger partial charge in [0, 0.05) is 5.56 Å². The van der Waals surface area contributed by atoms with Gasteiger partial charge in [0.05, 0.1) is 0 Å². The number of halogens is 3. The number of benzene rings is 1. The van der Waals surface area contributed by atoms with Crippen molar-refractivity contribution < 1.29 is 27.9 Å². The molecule has 0 spiro atoms. The van der Waals surface area contributed by atoms with Crippen LogP contribution >= 0.6 is 0 Å². The molecule has 1 atom stereocenters. The maximum Gasteiger partial charge on any atom is 0.349 e. The molecule has 0 bridgehead atoms. The lowest BCUT2D eigenvalue weighted by atomic mass is 10.1. The van der Waals surface area contributed by atoms with Crippen molar-refractivity contribution in [3.63, 3.8) is 0 Å². The van der Waals surface area contributed by atoms with E-state index in [0.717, 1.165) is 31.2 Å². The molecule has 1 aromatic rings. The van der Waals surface area contributed by atoms with Gasteiger partial charge in [0.1, 0.15) is 11.9 Å². The monoisotopic (exact) mass is 261 g/mol. The van der Waals surface area contributed by atoms with Crippen molar-refractivity contribution >= 4 is 11.9 Å². The molecule has 7 heteroatoms. The number of hydrogen-bond donors (Lipinski definition) is 2. The number of alkyl halides is 2. The molecule has 4 nitrogen and oxygen atoms in total. The molecule has 0 aromatic heterocycles. The van der Waals surface area contributed by atoms with Crippen LogP contribution in [0.15, 0.2) is 24.3 Å². The first-order valence-corrected chi connectivity index (χ1v) is 4.92. The third-order valence-electron chi connectivity index (χ3n) is 2.21. The van der Waals surface area contributed by atoms with Gasteiger partial charge in [-0.3, -0.25) is 9.59 Å². The minimum Gasteiger partial charge on any atom is -0.480 e. The maximum atomic E-state index is 13.6. The van der Waals surface area contributed by atoms with E-state index in [2.05, 4.69) is 0 Å². The Morgan fingerprint density at radius 3 is 2.22 bits per heavy atom. The Kier molecular flexibility index (Phi) is 3.95. The first-order chi connectivity index (χ1) is 8.25. The Labute approximate surface area is 100 Å². The molecule has 0 aliphatic rings. The summed E-state index contributed by atoms with van der Waals surface area (Å²) in [5.41, 5.74) is -0.709. The number of carbonyl (C=O) groups excluding carboxylic acids is 1. The van der Waals surface area contributed by atoms with Gasteiger partial charge in [0.15, 0.2) is 0 Å². The number of amides is 1. The molecule has 0 heterocycles. The number of rotatable bonds is 4. The van der Waals surface area contributed by atoms with Crippen molar-refractivity contribution in [2.75, 3.05) is 0 Å². The van der Waals surface area contributed by atoms with E-state index in [9.17, 15) is 22.8 Å². The fraction of sp³-hybridized carbons (Fsp3) is 0.273. The van der Waals surface area contributed by atoms with Crippen molar-refractivity contribution in [2.24, 2.45) is 0 Å². The van der Waals surface area contributed by atoms with Gasteiger partial charge in [-0.15, -0.1) is 0 Å². The van der Waals surface area contributed by atoms with E-state index in [0.29, 0.717) is 0 Å². The second kappa shape index (κ2) is 5.07. The Hall–Kier alpha value is -2.05. The third kappa shape index (κ3) is 2.99. The summed E-state index contributed by atoms with van der Waals surface area (Å²) in [4.78, 5) is 21.7. The van der Waals surface area contributed by atoms with Crippen molar-refractivity contribution in [2.45, 2.75) is 18.9 Å². The van der Waals surface area contributed by atoms with Crippen molar-refractivity contribution in [3.05, 3.63) is 35.6 Å². The Bertz CT molecular complexity index is 459. The molecule has 0 aliphatic heterocycles. The average Bonchev–Trinajstić information content (AvgIpc) is 2.29. The zero-order valence-corrected chi connectivity index (χ0v) is 9.28. The van der Waals surface area contributed by atoms with Crippen LogP contribution in [0.1, 0.15) is 12.5 Å². The van der Waals surface area contributed by atoms with Gasteiger partial charge >= 0.3 is 11.9 Å². The number of carboxylic acids is 1. The van der Waals surface area contributed by atoms with Crippen molar-refractivity contribution in [3.8, 4) is 0 Å². The smallest absolute Gasteiger partial charge is 0.349 e. The fourth-order valence-electron chi connectivity index (χ4n) is 1.14. The SMILES string of the molecule is CC(NC(=O)C(F)(F)c1ccc(F)cc1)C(=O)O. The van der Waals surface area contributed by atoms with Gasteiger partial charge in [-0.05, 0) is 31.2 Å². The molecular weight excluding hydrogens is 251 g/mol. The van der Waals surface area contributed by atoms with Gasteiger partial charge in [0.2, 0.25) is 0 Å². The third-order valence-corrected chi connectivity index (χ3v) is 2.21. The molecule has 1 aromatic carbocycles. The predicted molar refractivity (Wildman–Crippen MR) is 55.5 cm³/mol. The Morgan fingerprint density at radius 2 is 1.78 bits per heavy atom. The summed E-state index contributed by atoms with van der Waals surface area (Å²) in [5, 5.41) is 10.1. The van der Waals surface area contributed by atoms with E-state index in [4.69, 9.17) is 5.11 Å². The average molecular weight is 261 g/mol. The van der Waals surface area contributed by atoms with Crippen molar-refractivity contribution in [1.82, 2.24) is 5.32 Å². The molecule has 1 rings (SSSR count). The van der Waals surface area contributed by atoms with Crippen LogP contribution in [0.4, 0.5) is 13.2 Å². The lowest BCUT2D eigenvalue weighted by Crippen LogP contribution is -2.45.